The van der Waals surface area contributed by atoms with E-state index in [0.717, 1.165) is 17.1 Å². The molecule has 0 aliphatic heterocycles. The number of anilines is 5. The molecule has 1 heterocycles. The average molecular weight is 476 g/mol. The Balaban J connectivity index is 1.43. The van der Waals surface area contributed by atoms with Crippen LogP contribution in [0.5, 0.6) is 5.75 Å². The van der Waals surface area contributed by atoms with Crippen LogP contribution in [0.1, 0.15) is 12.6 Å². The summed E-state index contributed by atoms with van der Waals surface area (Å²) in [7, 11) is -3.72. The van der Waals surface area contributed by atoms with Gasteiger partial charge in [0.2, 0.25) is 5.95 Å². The molecule has 0 aliphatic rings. The lowest BCUT2D eigenvalue weighted by Crippen LogP contribution is -2.12. The van der Waals surface area contributed by atoms with Crippen molar-refractivity contribution in [3.63, 3.8) is 0 Å². The van der Waals surface area contributed by atoms with Gasteiger partial charge in [-0.15, -0.1) is 0 Å². The first-order valence-corrected chi connectivity index (χ1v) is 12.2. The normalized spacial score (nSPS) is 11.0. The number of hydrogen-bond donors (Lipinski definition) is 3. The SMILES string of the molecule is CCOc1ccc(S(=O)(=O)Nc2ccc(Nc3nc(C)cc(Nc4ccccc4)n3)cc2)cc1. The van der Waals surface area contributed by atoms with Gasteiger partial charge in [0.15, 0.2) is 0 Å². The van der Waals surface area contributed by atoms with Crippen molar-refractivity contribution in [3.05, 3.63) is 90.6 Å². The van der Waals surface area contributed by atoms with Crippen molar-refractivity contribution in [2.24, 2.45) is 0 Å². The zero-order chi connectivity index (χ0) is 24.0. The molecule has 4 rings (SSSR count). The lowest BCUT2D eigenvalue weighted by Gasteiger charge is -2.12. The molecule has 3 N–H and O–H groups in total. The number of rotatable bonds is 9. The first kappa shape index (κ1) is 23.1. The summed E-state index contributed by atoms with van der Waals surface area (Å²) in [5.41, 5.74) is 2.89. The van der Waals surface area contributed by atoms with Gasteiger partial charge in [0, 0.05) is 28.8 Å². The van der Waals surface area contributed by atoms with Crippen LogP contribution >= 0.6 is 0 Å². The second-order valence-electron chi connectivity index (χ2n) is 7.42. The van der Waals surface area contributed by atoms with Crippen molar-refractivity contribution in [3.8, 4) is 5.75 Å². The van der Waals surface area contributed by atoms with Crippen LogP contribution in [0, 0.1) is 6.92 Å². The maximum absolute atomic E-state index is 12.7. The van der Waals surface area contributed by atoms with Crippen LogP contribution in [-0.2, 0) is 10.0 Å². The molecule has 0 spiro atoms. The molecule has 34 heavy (non-hydrogen) atoms. The summed E-state index contributed by atoms with van der Waals surface area (Å²) in [6, 6.07) is 24.8. The van der Waals surface area contributed by atoms with E-state index in [9.17, 15) is 8.42 Å². The molecule has 0 aliphatic carbocycles. The number of para-hydroxylation sites is 1. The van der Waals surface area contributed by atoms with Gasteiger partial charge in [0.05, 0.1) is 11.5 Å². The Morgan fingerprint density at radius 2 is 1.44 bits per heavy atom. The van der Waals surface area contributed by atoms with Gasteiger partial charge in [-0.3, -0.25) is 4.72 Å². The maximum Gasteiger partial charge on any atom is 0.261 e. The second kappa shape index (κ2) is 10.2. The van der Waals surface area contributed by atoms with Gasteiger partial charge >= 0.3 is 0 Å². The highest BCUT2D eigenvalue weighted by molar-refractivity contribution is 7.92. The predicted octanol–water partition coefficient (Wildman–Crippen LogP) is 5.47. The van der Waals surface area contributed by atoms with Crippen LogP contribution in [0.15, 0.2) is 89.8 Å². The summed E-state index contributed by atoms with van der Waals surface area (Å²) < 4.78 is 33.3. The molecule has 9 heteroatoms. The van der Waals surface area contributed by atoms with Gasteiger partial charge in [0.1, 0.15) is 11.6 Å². The fourth-order valence-electron chi connectivity index (χ4n) is 3.20. The van der Waals surface area contributed by atoms with Crippen LogP contribution in [0.4, 0.5) is 28.8 Å². The Morgan fingerprint density at radius 3 is 2.12 bits per heavy atom. The highest BCUT2D eigenvalue weighted by Gasteiger charge is 2.14. The van der Waals surface area contributed by atoms with Crippen molar-refractivity contribution in [1.82, 2.24) is 9.97 Å². The number of benzene rings is 3. The van der Waals surface area contributed by atoms with Crippen molar-refractivity contribution in [2.45, 2.75) is 18.7 Å². The fourth-order valence-corrected chi connectivity index (χ4v) is 4.26. The van der Waals surface area contributed by atoms with Crippen molar-refractivity contribution < 1.29 is 13.2 Å². The van der Waals surface area contributed by atoms with Crippen molar-refractivity contribution in [2.75, 3.05) is 22.0 Å². The van der Waals surface area contributed by atoms with Crippen LogP contribution in [0.2, 0.25) is 0 Å². The molecule has 8 nitrogen and oxygen atoms in total. The van der Waals surface area contributed by atoms with E-state index in [4.69, 9.17) is 4.74 Å². The molecule has 0 saturated carbocycles. The zero-order valence-electron chi connectivity index (χ0n) is 18.8. The third-order valence-corrected chi connectivity index (χ3v) is 6.14. The summed E-state index contributed by atoms with van der Waals surface area (Å²) in [5.74, 6) is 1.72. The molecule has 3 aromatic carbocycles. The average Bonchev–Trinajstić information content (AvgIpc) is 2.81. The minimum atomic E-state index is -3.72. The molecule has 1 aromatic heterocycles. The number of aromatic nitrogens is 2. The molecular formula is C25H25N5O3S. The van der Waals surface area contributed by atoms with Gasteiger partial charge in [0.25, 0.3) is 10.0 Å². The monoisotopic (exact) mass is 475 g/mol. The third-order valence-electron chi connectivity index (χ3n) is 4.74. The number of nitrogens with one attached hydrogen (secondary N) is 3. The summed E-state index contributed by atoms with van der Waals surface area (Å²) in [6.45, 7) is 4.28. The molecule has 4 aromatic rings. The standard InChI is InChI=1S/C25H25N5O3S/c1-3-33-22-13-15-23(16-14-22)34(31,32)30-21-11-9-20(10-12-21)28-25-26-18(2)17-24(29-25)27-19-7-5-4-6-8-19/h4-17,30H,3H2,1-2H3,(H2,26,27,28,29). The minimum Gasteiger partial charge on any atom is -0.494 e. The van der Waals surface area contributed by atoms with E-state index >= 15 is 0 Å². The molecular weight excluding hydrogens is 450 g/mol. The van der Waals surface area contributed by atoms with E-state index in [2.05, 4.69) is 25.3 Å². The first-order chi connectivity index (χ1) is 16.4. The lowest BCUT2D eigenvalue weighted by molar-refractivity contribution is 0.340. The van der Waals surface area contributed by atoms with Gasteiger partial charge in [-0.05, 0) is 74.5 Å². The second-order valence-corrected chi connectivity index (χ2v) is 9.10. The number of aryl methyl sites for hydroxylation is 1. The number of nitrogens with zero attached hydrogens (tertiary/aromatic N) is 2. The highest BCUT2D eigenvalue weighted by Crippen LogP contribution is 2.23. The zero-order valence-corrected chi connectivity index (χ0v) is 19.6. The quantitative estimate of drug-likeness (QED) is 0.295. The Morgan fingerprint density at radius 1 is 0.794 bits per heavy atom. The Bertz CT molecular complexity index is 1340. The molecule has 174 valence electrons. The topological polar surface area (TPSA) is 105 Å². The van der Waals surface area contributed by atoms with E-state index in [-0.39, 0.29) is 4.90 Å². The summed E-state index contributed by atoms with van der Waals surface area (Å²) in [6.07, 6.45) is 0. The maximum atomic E-state index is 12.7. The van der Waals surface area contributed by atoms with E-state index in [0.29, 0.717) is 29.8 Å². The van der Waals surface area contributed by atoms with Gasteiger partial charge in [-0.1, -0.05) is 18.2 Å². The Kier molecular flexibility index (Phi) is 6.93. The lowest BCUT2D eigenvalue weighted by atomic mass is 10.3. The number of ether oxygens (including phenoxy) is 1. The summed E-state index contributed by atoms with van der Waals surface area (Å²) >= 11 is 0. The molecule has 0 unspecified atom stereocenters. The Labute approximate surface area is 199 Å². The van der Waals surface area contributed by atoms with E-state index < -0.39 is 10.0 Å². The summed E-state index contributed by atoms with van der Waals surface area (Å²) in [4.78, 5) is 9.10. The van der Waals surface area contributed by atoms with E-state index in [1.807, 2.05) is 50.2 Å². The van der Waals surface area contributed by atoms with Crippen LogP contribution in [-0.4, -0.2) is 25.0 Å². The van der Waals surface area contributed by atoms with E-state index in [1.54, 1.807) is 36.4 Å². The van der Waals surface area contributed by atoms with Crippen molar-refractivity contribution >= 4 is 38.9 Å². The smallest absolute Gasteiger partial charge is 0.261 e. The fraction of sp³-hybridized carbons (Fsp3) is 0.120. The van der Waals surface area contributed by atoms with Crippen molar-refractivity contribution in [1.29, 1.82) is 0 Å². The molecule has 0 bridgehead atoms. The third kappa shape index (κ3) is 6.02. The van der Waals surface area contributed by atoms with Crippen LogP contribution < -0.4 is 20.1 Å². The highest BCUT2D eigenvalue weighted by atomic mass is 32.2. The Hall–Kier alpha value is -4.11. The molecule has 0 amide bonds. The molecule has 0 radical (unpaired) electrons. The predicted molar refractivity (Wildman–Crippen MR) is 135 cm³/mol. The minimum absolute atomic E-state index is 0.157. The van der Waals surface area contributed by atoms with Gasteiger partial charge in [-0.2, -0.15) is 4.98 Å². The first-order valence-electron chi connectivity index (χ1n) is 10.7. The van der Waals surface area contributed by atoms with E-state index in [1.165, 1.54) is 12.1 Å². The molecule has 0 saturated heterocycles. The largest absolute Gasteiger partial charge is 0.494 e. The van der Waals surface area contributed by atoms with Crippen LogP contribution in [0.3, 0.4) is 0 Å². The van der Waals surface area contributed by atoms with Crippen LogP contribution in [0.25, 0.3) is 0 Å². The number of hydrogen-bond acceptors (Lipinski definition) is 7. The summed E-state index contributed by atoms with van der Waals surface area (Å²) in [5, 5.41) is 6.41. The molecule has 0 atom stereocenters. The molecule has 0 fully saturated rings. The van der Waals surface area contributed by atoms with Gasteiger partial charge in [-0.25, -0.2) is 13.4 Å². The number of sulfonamides is 1. The van der Waals surface area contributed by atoms with Gasteiger partial charge < -0.3 is 15.4 Å².